The van der Waals surface area contributed by atoms with Crippen molar-refractivity contribution in [2.45, 2.75) is 12.1 Å². The van der Waals surface area contributed by atoms with Crippen molar-refractivity contribution in [3.63, 3.8) is 0 Å². The Morgan fingerprint density at radius 2 is 1.77 bits per heavy atom. The first-order chi connectivity index (χ1) is 10.3. The highest BCUT2D eigenvalue weighted by Crippen LogP contribution is 2.48. The van der Waals surface area contributed by atoms with Gasteiger partial charge in [0.15, 0.2) is 0 Å². The van der Waals surface area contributed by atoms with E-state index in [2.05, 4.69) is 9.05 Å². The molecule has 0 fully saturated rings. The van der Waals surface area contributed by atoms with Crippen molar-refractivity contribution >= 4 is 19.5 Å². The summed E-state index contributed by atoms with van der Waals surface area (Å²) in [5.74, 6) is -2.90. The number of ether oxygens (including phenoxy) is 1. The summed E-state index contributed by atoms with van der Waals surface area (Å²) < 4.78 is 26.2. The van der Waals surface area contributed by atoms with Crippen molar-refractivity contribution in [3.8, 4) is 0 Å². The number of carbonyl (C=O) groups excluding carboxylic acids is 1. The molecule has 1 rings (SSSR count). The number of hydrogen-bond donors (Lipinski definition) is 2. The van der Waals surface area contributed by atoms with Gasteiger partial charge in [-0.3, -0.25) is 4.57 Å². The molecular weight excluding hydrogens is 313 g/mol. The molecule has 0 saturated heterocycles. The molecule has 0 heterocycles. The molecular formula is C13H18NO7P. The molecule has 8 nitrogen and oxygen atoms in total. The molecule has 1 aromatic rings. The molecule has 0 spiro atoms. The third kappa shape index (κ3) is 4.38. The third-order valence-corrected chi connectivity index (χ3v) is 4.96. The fourth-order valence-corrected chi connectivity index (χ4v) is 2.86. The summed E-state index contributed by atoms with van der Waals surface area (Å²) in [6, 6.07) is 8.65. The van der Waals surface area contributed by atoms with Crippen LogP contribution in [-0.4, -0.2) is 43.0 Å². The van der Waals surface area contributed by atoms with Gasteiger partial charge in [-0.25, -0.2) is 9.59 Å². The van der Waals surface area contributed by atoms with E-state index < -0.39 is 31.2 Å². The zero-order valence-electron chi connectivity index (χ0n) is 12.2. The first-order valence-corrected chi connectivity index (χ1v) is 7.94. The number of benzene rings is 1. The molecule has 0 amide bonds. The van der Waals surface area contributed by atoms with E-state index in [0.29, 0.717) is 5.56 Å². The zero-order valence-corrected chi connectivity index (χ0v) is 13.1. The van der Waals surface area contributed by atoms with Gasteiger partial charge in [-0.15, -0.1) is 0 Å². The van der Waals surface area contributed by atoms with Crippen molar-refractivity contribution in [3.05, 3.63) is 35.9 Å². The van der Waals surface area contributed by atoms with Crippen LogP contribution >= 0.6 is 7.60 Å². The molecule has 22 heavy (non-hydrogen) atoms. The molecule has 0 aliphatic heterocycles. The van der Waals surface area contributed by atoms with Gasteiger partial charge in [-0.1, -0.05) is 30.3 Å². The van der Waals surface area contributed by atoms with Crippen molar-refractivity contribution in [2.75, 3.05) is 20.4 Å². The van der Waals surface area contributed by atoms with Gasteiger partial charge in [0.1, 0.15) is 6.61 Å². The Morgan fingerprint density at radius 3 is 2.23 bits per heavy atom. The first kappa shape index (κ1) is 18.3. The Balaban J connectivity index is 2.87. The third-order valence-electron chi connectivity index (χ3n) is 2.96. The lowest BCUT2D eigenvalue weighted by Crippen LogP contribution is -2.58. The van der Waals surface area contributed by atoms with E-state index in [4.69, 9.17) is 10.5 Å². The van der Waals surface area contributed by atoms with Crippen LogP contribution in [0.1, 0.15) is 5.56 Å². The van der Waals surface area contributed by atoms with Gasteiger partial charge in [0.25, 0.3) is 0 Å². The smallest absolute Gasteiger partial charge is 0.338 e. The zero-order chi connectivity index (χ0) is 16.8. The molecule has 0 aliphatic carbocycles. The summed E-state index contributed by atoms with van der Waals surface area (Å²) in [6.07, 6.45) is -0.837. The Morgan fingerprint density at radius 1 is 1.23 bits per heavy atom. The summed E-state index contributed by atoms with van der Waals surface area (Å²) in [5, 5.41) is 9.20. The molecule has 1 atom stereocenters. The molecule has 3 N–H and O–H groups in total. The quantitative estimate of drug-likeness (QED) is 0.410. The Bertz CT molecular complexity index is 569. The first-order valence-electron chi connectivity index (χ1n) is 6.21. The van der Waals surface area contributed by atoms with E-state index in [0.717, 1.165) is 14.2 Å². The van der Waals surface area contributed by atoms with Crippen LogP contribution in [-0.2, 0) is 34.5 Å². The van der Waals surface area contributed by atoms with E-state index in [1.165, 1.54) is 0 Å². The minimum Gasteiger partial charge on any atom is -0.479 e. The largest absolute Gasteiger partial charge is 0.479 e. The SMILES string of the molecule is COP(=O)(CC(N)(C(=O)O)C(=O)OCc1ccccc1)OC. The maximum absolute atomic E-state index is 12.1. The molecule has 0 aliphatic rings. The highest BCUT2D eigenvalue weighted by molar-refractivity contribution is 7.54. The molecule has 0 radical (unpaired) electrons. The second kappa shape index (κ2) is 7.51. The molecule has 0 bridgehead atoms. The van der Waals surface area contributed by atoms with Crippen molar-refractivity contribution < 1.29 is 33.0 Å². The van der Waals surface area contributed by atoms with Gasteiger partial charge in [0.05, 0.1) is 6.16 Å². The monoisotopic (exact) mass is 331 g/mol. The van der Waals surface area contributed by atoms with Crippen LogP contribution in [0.5, 0.6) is 0 Å². The van der Waals surface area contributed by atoms with E-state index in [1.807, 2.05) is 0 Å². The number of nitrogens with two attached hydrogens (primary N) is 1. The fraction of sp³-hybridized carbons (Fsp3) is 0.385. The summed E-state index contributed by atoms with van der Waals surface area (Å²) in [5.41, 5.74) is 3.71. The number of rotatable bonds is 8. The second-order valence-electron chi connectivity index (χ2n) is 4.47. The normalized spacial score (nSPS) is 14.1. The van der Waals surface area contributed by atoms with Gasteiger partial charge in [0.2, 0.25) is 5.54 Å². The van der Waals surface area contributed by atoms with Gasteiger partial charge < -0.3 is 24.6 Å². The van der Waals surface area contributed by atoms with Crippen molar-refractivity contribution in [1.29, 1.82) is 0 Å². The average Bonchev–Trinajstić information content (AvgIpc) is 2.53. The molecule has 122 valence electrons. The number of esters is 1. The van der Waals surface area contributed by atoms with Crippen LogP contribution in [0.2, 0.25) is 0 Å². The number of carboxylic acid groups (broad SMARTS) is 1. The van der Waals surface area contributed by atoms with Crippen LogP contribution in [0.15, 0.2) is 30.3 Å². The minimum absolute atomic E-state index is 0.157. The Hall–Kier alpha value is -1.73. The molecule has 0 saturated carbocycles. The molecule has 0 aromatic heterocycles. The lowest BCUT2D eigenvalue weighted by atomic mass is 10.1. The molecule has 9 heteroatoms. The highest BCUT2D eigenvalue weighted by Gasteiger charge is 2.50. The average molecular weight is 331 g/mol. The van der Waals surface area contributed by atoms with Crippen LogP contribution < -0.4 is 5.73 Å². The Labute approximate surface area is 127 Å². The topological polar surface area (TPSA) is 125 Å². The van der Waals surface area contributed by atoms with E-state index in [-0.39, 0.29) is 6.61 Å². The van der Waals surface area contributed by atoms with E-state index in [9.17, 15) is 19.3 Å². The summed E-state index contributed by atoms with van der Waals surface area (Å²) in [6.45, 7) is -0.157. The number of carbonyl (C=O) groups is 2. The second-order valence-corrected chi connectivity index (χ2v) is 6.74. The highest BCUT2D eigenvalue weighted by atomic mass is 31.2. The van der Waals surface area contributed by atoms with Gasteiger partial charge >= 0.3 is 19.5 Å². The maximum Gasteiger partial charge on any atom is 0.338 e. The van der Waals surface area contributed by atoms with E-state index in [1.54, 1.807) is 30.3 Å². The Kier molecular flexibility index (Phi) is 6.25. The lowest BCUT2D eigenvalue weighted by Gasteiger charge is -2.25. The summed E-state index contributed by atoms with van der Waals surface area (Å²) in [4.78, 5) is 23.4. The minimum atomic E-state index is -3.81. The standard InChI is InChI=1S/C13H18NO7P/c1-19-22(18,20-2)9-13(14,11(15)16)12(17)21-8-10-6-4-3-5-7-10/h3-7H,8-9,14H2,1-2H3,(H,15,16). The molecule has 1 aromatic carbocycles. The van der Waals surface area contributed by atoms with Crippen molar-refractivity contribution in [1.82, 2.24) is 0 Å². The van der Waals surface area contributed by atoms with Gasteiger partial charge in [0, 0.05) is 14.2 Å². The van der Waals surface area contributed by atoms with Crippen LogP contribution in [0, 0.1) is 0 Å². The van der Waals surface area contributed by atoms with Crippen LogP contribution in [0.4, 0.5) is 0 Å². The van der Waals surface area contributed by atoms with E-state index >= 15 is 0 Å². The molecule has 1 unspecified atom stereocenters. The van der Waals surface area contributed by atoms with Crippen LogP contribution in [0.3, 0.4) is 0 Å². The predicted molar refractivity (Wildman–Crippen MR) is 77.3 cm³/mol. The van der Waals surface area contributed by atoms with Gasteiger partial charge in [-0.05, 0) is 5.56 Å². The van der Waals surface area contributed by atoms with Gasteiger partial charge in [-0.2, -0.15) is 0 Å². The van der Waals surface area contributed by atoms with Crippen LogP contribution in [0.25, 0.3) is 0 Å². The lowest BCUT2D eigenvalue weighted by molar-refractivity contribution is -0.160. The summed E-state index contributed by atoms with van der Waals surface area (Å²) in [7, 11) is -1.67. The summed E-state index contributed by atoms with van der Waals surface area (Å²) >= 11 is 0. The fourth-order valence-electron chi connectivity index (χ4n) is 1.58. The van der Waals surface area contributed by atoms with Crippen molar-refractivity contribution in [2.24, 2.45) is 5.73 Å². The number of aliphatic carboxylic acids is 1. The maximum atomic E-state index is 12.1. The predicted octanol–water partition coefficient (Wildman–Crippen LogP) is 0.998. The number of hydrogen-bond acceptors (Lipinski definition) is 7. The number of carboxylic acids is 1.